The SMILES string of the molecule is COc1ccc(Cl)cc1NC(=O)COC(=O)/C=C/c1ccco1. The highest BCUT2D eigenvalue weighted by atomic mass is 35.5. The van der Waals surface area contributed by atoms with Crippen LogP contribution < -0.4 is 10.1 Å². The molecular formula is C16H14ClNO5. The van der Waals surface area contributed by atoms with Gasteiger partial charge in [0.25, 0.3) is 5.91 Å². The van der Waals surface area contributed by atoms with Crippen LogP contribution in [0.15, 0.2) is 47.1 Å². The van der Waals surface area contributed by atoms with Gasteiger partial charge in [0.05, 0.1) is 19.1 Å². The van der Waals surface area contributed by atoms with Gasteiger partial charge in [0.15, 0.2) is 6.61 Å². The van der Waals surface area contributed by atoms with Gasteiger partial charge >= 0.3 is 5.97 Å². The summed E-state index contributed by atoms with van der Waals surface area (Å²) in [4.78, 5) is 23.3. The van der Waals surface area contributed by atoms with Crippen LogP contribution in [0.3, 0.4) is 0 Å². The Hall–Kier alpha value is -2.73. The fraction of sp³-hybridized carbons (Fsp3) is 0.125. The Morgan fingerprint density at radius 3 is 2.87 bits per heavy atom. The number of esters is 1. The number of methoxy groups -OCH3 is 1. The second-order valence-electron chi connectivity index (χ2n) is 4.35. The quantitative estimate of drug-likeness (QED) is 0.648. The van der Waals surface area contributed by atoms with Crippen molar-refractivity contribution in [3.05, 3.63) is 53.5 Å². The highest BCUT2D eigenvalue weighted by Crippen LogP contribution is 2.27. The minimum absolute atomic E-state index is 0.396. The number of halogens is 1. The Labute approximate surface area is 137 Å². The monoisotopic (exact) mass is 335 g/mol. The maximum Gasteiger partial charge on any atom is 0.331 e. The molecule has 0 radical (unpaired) electrons. The minimum Gasteiger partial charge on any atom is -0.495 e. The molecule has 0 unspecified atom stereocenters. The molecule has 0 bridgehead atoms. The standard InChI is InChI=1S/C16H14ClNO5/c1-21-14-6-4-11(17)9-13(14)18-15(19)10-23-16(20)7-5-12-3-2-8-22-12/h2-9H,10H2,1H3,(H,18,19)/b7-5+. The fourth-order valence-corrected chi connectivity index (χ4v) is 1.86. The number of carbonyl (C=O) groups excluding carboxylic acids is 2. The molecule has 0 spiro atoms. The van der Waals surface area contributed by atoms with Crippen molar-refractivity contribution >= 4 is 35.2 Å². The predicted molar refractivity (Wildman–Crippen MR) is 85.3 cm³/mol. The summed E-state index contributed by atoms with van der Waals surface area (Å²) < 4.78 is 15.0. The van der Waals surface area contributed by atoms with Gasteiger partial charge in [0.2, 0.25) is 0 Å². The lowest BCUT2D eigenvalue weighted by molar-refractivity contribution is -0.142. The first-order valence-corrected chi connectivity index (χ1v) is 6.98. The summed E-state index contributed by atoms with van der Waals surface area (Å²) in [5, 5.41) is 3.00. The molecular weight excluding hydrogens is 322 g/mol. The first kappa shape index (κ1) is 16.6. The van der Waals surface area contributed by atoms with Crippen LogP contribution >= 0.6 is 11.6 Å². The topological polar surface area (TPSA) is 77.8 Å². The smallest absolute Gasteiger partial charge is 0.331 e. The largest absolute Gasteiger partial charge is 0.495 e. The molecule has 1 amide bonds. The van der Waals surface area contributed by atoms with E-state index in [1.807, 2.05) is 0 Å². The third kappa shape index (κ3) is 5.19. The maximum atomic E-state index is 11.8. The van der Waals surface area contributed by atoms with E-state index in [2.05, 4.69) is 5.32 Å². The summed E-state index contributed by atoms with van der Waals surface area (Å²) in [5.74, 6) is -0.207. The zero-order chi connectivity index (χ0) is 16.7. The molecule has 0 fully saturated rings. The minimum atomic E-state index is -0.658. The average Bonchev–Trinajstić information content (AvgIpc) is 3.04. The Kier molecular flexibility index (Phi) is 5.82. The maximum absolute atomic E-state index is 11.8. The molecule has 1 aromatic carbocycles. The van der Waals surface area contributed by atoms with Crippen LogP contribution in [0.1, 0.15) is 5.76 Å². The molecule has 6 nitrogen and oxygen atoms in total. The molecule has 7 heteroatoms. The van der Waals surface area contributed by atoms with E-state index in [1.165, 1.54) is 31.6 Å². The van der Waals surface area contributed by atoms with E-state index in [0.717, 1.165) is 0 Å². The van der Waals surface area contributed by atoms with Crippen LogP contribution in [0.5, 0.6) is 5.75 Å². The summed E-state index contributed by atoms with van der Waals surface area (Å²) in [7, 11) is 1.47. The highest BCUT2D eigenvalue weighted by molar-refractivity contribution is 6.31. The van der Waals surface area contributed by atoms with Gasteiger partial charge in [-0.05, 0) is 36.4 Å². The number of anilines is 1. The Balaban J connectivity index is 1.85. The van der Waals surface area contributed by atoms with Crippen molar-refractivity contribution < 1.29 is 23.5 Å². The van der Waals surface area contributed by atoms with Crippen molar-refractivity contribution in [1.82, 2.24) is 0 Å². The molecule has 2 rings (SSSR count). The Bertz CT molecular complexity index is 709. The van der Waals surface area contributed by atoms with Crippen LogP contribution in [0.25, 0.3) is 6.08 Å². The van der Waals surface area contributed by atoms with Gasteiger partial charge in [-0.15, -0.1) is 0 Å². The molecule has 1 heterocycles. The van der Waals surface area contributed by atoms with Crippen molar-refractivity contribution in [2.24, 2.45) is 0 Å². The molecule has 23 heavy (non-hydrogen) atoms. The van der Waals surface area contributed by atoms with Gasteiger partial charge in [-0.25, -0.2) is 4.79 Å². The van der Waals surface area contributed by atoms with Crippen LogP contribution in [0.2, 0.25) is 5.02 Å². The Morgan fingerprint density at radius 1 is 1.35 bits per heavy atom. The van der Waals surface area contributed by atoms with E-state index in [0.29, 0.717) is 22.2 Å². The number of benzene rings is 1. The Morgan fingerprint density at radius 2 is 2.17 bits per heavy atom. The molecule has 0 atom stereocenters. The van der Waals surface area contributed by atoms with Crippen molar-refractivity contribution in [2.75, 3.05) is 19.0 Å². The van der Waals surface area contributed by atoms with E-state index < -0.39 is 18.5 Å². The molecule has 0 saturated heterocycles. The van der Waals surface area contributed by atoms with Gasteiger partial charge < -0.3 is 19.2 Å². The summed E-state index contributed by atoms with van der Waals surface area (Å²) in [5.41, 5.74) is 0.396. The zero-order valence-electron chi connectivity index (χ0n) is 12.2. The summed E-state index contributed by atoms with van der Waals surface area (Å²) in [6.07, 6.45) is 4.10. The molecule has 1 aromatic heterocycles. The van der Waals surface area contributed by atoms with Gasteiger partial charge in [-0.3, -0.25) is 4.79 Å². The number of hydrogen-bond donors (Lipinski definition) is 1. The second-order valence-corrected chi connectivity index (χ2v) is 4.79. The van der Waals surface area contributed by atoms with Crippen LogP contribution in [-0.4, -0.2) is 25.6 Å². The van der Waals surface area contributed by atoms with E-state index in [1.54, 1.807) is 24.3 Å². The molecule has 0 aliphatic carbocycles. The fourth-order valence-electron chi connectivity index (χ4n) is 1.69. The van der Waals surface area contributed by atoms with Gasteiger partial charge in [-0.2, -0.15) is 0 Å². The van der Waals surface area contributed by atoms with Gasteiger partial charge in [0, 0.05) is 11.1 Å². The number of carbonyl (C=O) groups is 2. The number of nitrogens with one attached hydrogen (secondary N) is 1. The molecule has 120 valence electrons. The van der Waals surface area contributed by atoms with Crippen molar-refractivity contribution in [2.45, 2.75) is 0 Å². The van der Waals surface area contributed by atoms with Crippen molar-refractivity contribution in [3.8, 4) is 5.75 Å². The van der Waals surface area contributed by atoms with Crippen molar-refractivity contribution in [1.29, 1.82) is 0 Å². The van der Waals surface area contributed by atoms with E-state index >= 15 is 0 Å². The third-order valence-electron chi connectivity index (χ3n) is 2.71. The number of rotatable bonds is 6. The van der Waals surface area contributed by atoms with Gasteiger partial charge in [-0.1, -0.05) is 11.6 Å². The molecule has 0 aliphatic heterocycles. The molecule has 2 aromatic rings. The lowest BCUT2D eigenvalue weighted by Crippen LogP contribution is -2.20. The van der Waals surface area contributed by atoms with Crippen LogP contribution in [0.4, 0.5) is 5.69 Å². The number of hydrogen-bond acceptors (Lipinski definition) is 5. The third-order valence-corrected chi connectivity index (χ3v) is 2.94. The van der Waals surface area contributed by atoms with E-state index in [4.69, 9.17) is 25.5 Å². The highest BCUT2D eigenvalue weighted by Gasteiger charge is 2.10. The molecule has 1 N–H and O–H groups in total. The number of furan rings is 1. The van der Waals surface area contributed by atoms with E-state index in [-0.39, 0.29) is 0 Å². The van der Waals surface area contributed by atoms with Crippen LogP contribution in [-0.2, 0) is 14.3 Å². The average molecular weight is 336 g/mol. The molecule has 0 aliphatic rings. The zero-order valence-corrected chi connectivity index (χ0v) is 13.0. The number of ether oxygens (including phenoxy) is 2. The number of amides is 1. The molecule has 0 saturated carbocycles. The second kappa shape index (κ2) is 8.05. The first-order valence-electron chi connectivity index (χ1n) is 6.60. The summed E-state index contributed by atoms with van der Waals surface area (Å²) >= 11 is 5.86. The summed E-state index contributed by atoms with van der Waals surface area (Å²) in [6, 6.07) is 8.17. The van der Waals surface area contributed by atoms with E-state index in [9.17, 15) is 9.59 Å². The lowest BCUT2D eigenvalue weighted by Gasteiger charge is -2.10. The van der Waals surface area contributed by atoms with Crippen molar-refractivity contribution in [3.63, 3.8) is 0 Å². The first-order chi connectivity index (χ1) is 11.1. The van der Waals surface area contributed by atoms with Gasteiger partial charge in [0.1, 0.15) is 11.5 Å². The summed E-state index contributed by atoms with van der Waals surface area (Å²) in [6.45, 7) is -0.434. The predicted octanol–water partition coefficient (Wildman–Crippen LogP) is 3.14. The van der Waals surface area contributed by atoms with Crippen LogP contribution in [0, 0.1) is 0 Å². The normalized spacial score (nSPS) is 10.5. The lowest BCUT2D eigenvalue weighted by atomic mass is 10.3.